The van der Waals surface area contributed by atoms with Gasteiger partial charge in [0.2, 0.25) is 0 Å². The third-order valence-electron chi connectivity index (χ3n) is 4.70. The Morgan fingerprint density at radius 2 is 1.62 bits per heavy atom. The number of carboxylic acids is 2. The van der Waals surface area contributed by atoms with Crippen molar-refractivity contribution in [1.29, 1.82) is 0 Å². The molecule has 1 aliphatic heterocycles. The quantitative estimate of drug-likeness (QED) is 0.616. The third-order valence-corrected chi connectivity index (χ3v) is 4.70. The van der Waals surface area contributed by atoms with Gasteiger partial charge >= 0.3 is 5.97 Å². The highest BCUT2D eigenvalue weighted by atomic mass is 16.4. The minimum atomic E-state index is -2.07. The van der Waals surface area contributed by atoms with Gasteiger partial charge in [0.1, 0.15) is 0 Å². The average molecular weight is 399 g/mol. The molecule has 2 heterocycles. The predicted molar refractivity (Wildman–Crippen MR) is 103 cm³/mol. The fraction of sp³-hybridized carbons (Fsp3) is 0.333. The number of rotatable bonds is 5. The summed E-state index contributed by atoms with van der Waals surface area (Å²) >= 11 is 0. The van der Waals surface area contributed by atoms with Gasteiger partial charge in [0.05, 0.1) is 32.7 Å². The van der Waals surface area contributed by atoms with E-state index in [2.05, 4.69) is 35.3 Å². The molecular formula is C21H25N3O5. The SMILES string of the molecule is O=C([O-])C(=O)O.O=C(c1ccncc1)N1CC[NH+](CCCc2ccccc2)CC1. The van der Waals surface area contributed by atoms with Crippen LogP contribution in [0, 0.1) is 0 Å². The summed E-state index contributed by atoms with van der Waals surface area (Å²) in [5, 5.41) is 16.3. The Morgan fingerprint density at radius 1 is 1.03 bits per heavy atom. The van der Waals surface area contributed by atoms with Crippen LogP contribution < -0.4 is 10.0 Å². The molecular weight excluding hydrogens is 374 g/mol. The summed E-state index contributed by atoms with van der Waals surface area (Å²) in [5.74, 6) is -3.87. The minimum Gasteiger partial charge on any atom is -0.539 e. The molecule has 1 aromatic carbocycles. The van der Waals surface area contributed by atoms with Gasteiger partial charge in [-0.05, 0) is 24.1 Å². The molecule has 1 saturated heterocycles. The summed E-state index contributed by atoms with van der Waals surface area (Å²) in [4.78, 5) is 38.0. The summed E-state index contributed by atoms with van der Waals surface area (Å²) in [6.45, 7) is 4.98. The molecule has 2 aromatic rings. The van der Waals surface area contributed by atoms with E-state index < -0.39 is 11.9 Å². The van der Waals surface area contributed by atoms with Gasteiger partial charge in [0.15, 0.2) is 5.97 Å². The second-order valence-electron chi connectivity index (χ2n) is 6.71. The predicted octanol–water partition coefficient (Wildman–Crippen LogP) is -1.12. The number of quaternary nitrogens is 1. The van der Waals surface area contributed by atoms with Gasteiger partial charge in [0, 0.05) is 24.4 Å². The second kappa shape index (κ2) is 11.6. The van der Waals surface area contributed by atoms with Crippen LogP contribution in [0.25, 0.3) is 0 Å². The Kier molecular flexibility index (Phi) is 8.78. The van der Waals surface area contributed by atoms with E-state index in [9.17, 15) is 4.79 Å². The van der Waals surface area contributed by atoms with Crippen molar-refractivity contribution in [3.05, 3.63) is 66.0 Å². The van der Waals surface area contributed by atoms with Crippen LogP contribution in [-0.2, 0) is 16.0 Å². The van der Waals surface area contributed by atoms with Crippen molar-refractivity contribution < 1.29 is 29.5 Å². The molecule has 154 valence electrons. The number of carbonyl (C=O) groups is 3. The monoisotopic (exact) mass is 399 g/mol. The summed E-state index contributed by atoms with van der Waals surface area (Å²) in [7, 11) is 0. The number of hydrogen-bond donors (Lipinski definition) is 2. The number of carboxylic acid groups (broad SMARTS) is 2. The van der Waals surface area contributed by atoms with E-state index in [1.807, 2.05) is 4.90 Å². The van der Waals surface area contributed by atoms with Gasteiger partial charge in [-0.2, -0.15) is 0 Å². The highest BCUT2D eigenvalue weighted by molar-refractivity contribution is 6.26. The number of nitrogens with zero attached hydrogens (tertiary/aromatic N) is 2. The van der Waals surface area contributed by atoms with Gasteiger partial charge in [-0.15, -0.1) is 0 Å². The second-order valence-corrected chi connectivity index (χ2v) is 6.71. The lowest BCUT2D eigenvalue weighted by Gasteiger charge is -2.32. The topological polar surface area (TPSA) is 115 Å². The number of aliphatic carboxylic acids is 2. The van der Waals surface area contributed by atoms with E-state index in [1.54, 1.807) is 29.4 Å². The molecule has 29 heavy (non-hydrogen) atoms. The van der Waals surface area contributed by atoms with Gasteiger partial charge in [-0.25, -0.2) is 4.79 Å². The molecule has 8 heteroatoms. The van der Waals surface area contributed by atoms with Crippen molar-refractivity contribution in [2.45, 2.75) is 12.8 Å². The maximum atomic E-state index is 12.4. The molecule has 0 spiro atoms. The molecule has 0 unspecified atom stereocenters. The van der Waals surface area contributed by atoms with Crippen LogP contribution in [0.5, 0.6) is 0 Å². The summed E-state index contributed by atoms with van der Waals surface area (Å²) in [6, 6.07) is 14.2. The van der Waals surface area contributed by atoms with Crippen LogP contribution in [0.3, 0.4) is 0 Å². The smallest absolute Gasteiger partial charge is 0.351 e. The van der Waals surface area contributed by atoms with Crippen molar-refractivity contribution in [3.8, 4) is 0 Å². The molecule has 0 saturated carbocycles. The van der Waals surface area contributed by atoms with Gasteiger partial charge in [-0.3, -0.25) is 9.78 Å². The molecule has 0 atom stereocenters. The lowest BCUT2D eigenvalue weighted by molar-refractivity contribution is -0.904. The Bertz CT molecular complexity index is 778. The first-order valence-electron chi connectivity index (χ1n) is 9.48. The van der Waals surface area contributed by atoms with E-state index in [4.69, 9.17) is 19.8 Å². The van der Waals surface area contributed by atoms with Gasteiger partial charge in [-0.1, -0.05) is 30.3 Å². The largest absolute Gasteiger partial charge is 0.539 e. The number of hydrogen-bond acceptors (Lipinski definition) is 5. The fourth-order valence-electron chi connectivity index (χ4n) is 3.14. The Hall–Kier alpha value is -3.26. The lowest BCUT2D eigenvalue weighted by atomic mass is 10.1. The number of nitrogens with one attached hydrogen (secondary N) is 1. The zero-order valence-electron chi connectivity index (χ0n) is 16.1. The first-order chi connectivity index (χ1) is 14.0. The standard InChI is InChI=1S/C19H23N3O.C2H2O4/c23-19(18-8-10-20-11-9-18)22-15-13-21(14-16-22)12-4-7-17-5-2-1-3-6-17;3-1(4)2(5)6/h1-3,5-6,8-11H,4,7,12-16H2;(H,3,4)(H,5,6). The van der Waals surface area contributed by atoms with E-state index in [0.29, 0.717) is 0 Å². The molecule has 1 amide bonds. The number of carbonyl (C=O) groups excluding carboxylic acids is 2. The van der Waals surface area contributed by atoms with E-state index in [1.165, 1.54) is 18.5 Å². The number of aromatic nitrogens is 1. The van der Waals surface area contributed by atoms with Crippen LogP contribution in [0.2, 0.25) is 0 Å². The van der Waals surface area contributed by atoms with Crippen molar-refractivity contribution >= 4 is 17.8 Å². The first kappa shape index (κ1) is 22.0. The van der Waals surface area contributed by atoms with E-state index >= 15 is 0 Å². The van der Waals surface area contributed by atoms with Crippen LogP contribution in [0.4, 0.5) is 0 Å². The highest BCUT2D eigenvalue weighted by Crippen LogP contribution is 2.04. The van der Waals surface area contributed by atoms with Crippen LogP contribution >= 0.6 is 0 Å². The molecule has 8 nitrogen and oxygen atoms in total. The Morgan fingerprint density at radius 3 is 2.17 bits per heavy atom. The molecule has 2 N–H and O–H groups in total. The molecule has 0 radical (unpaired) electrons. The van der Waals surface area contributed by atoms with Crippen LogP contribution in [-0.4, -0.2) is 65.6 Å². The van der Waals surface area contributed by atoms with Crippen molar-refractivity contribution in [3.63, 3.8) is 0 Å². The Labute approximate surface area is 169 Å². The molecule has 1 aliphatic rings. The molecule has 0 aliphatic carbocycles. The van der Waals surface area contributed by atoms with E-state index in [-0.39, 0.29) is 5.91 Å². The number of pyridine rings is 1. The summed E-state index contributed by atoms with van der Waals surface area (Å²) in [5.41, 5.74) is 2.16. The summed E-state index contributed by atoms with van der Waals surface area (Å²) in [6.07, 6.45) is 5.71. The normalized spacial score (nSPS) is 13.9. The highest BCUT2D eigenvalue weighted by Gasteiger charge is 2.24. The van der Waals surface area contributed by atoms with Crippen molar-refractivity contribution in [1.82, 2.24) is 9.88 Å². The lowest BCUT2D eigenvalue weighted by Crippen LogP contribution is -3.14. The minimum absolute atomic E-state index is 0.135. The van der Waals surface area contributed by atoms with Crippen molar-refractivity contribution in [2.75, 3.05) is 32.7 Å². The third kappa shape index (κ3) is 7.71. The maximum Gasteiger partial charge on any atom is 0.351 e. The van der Waals surface area contributed by atoms with Crippen LogP contribution in [0.15, 0.2) is 54.9 Å². The fourth-order valence-corrected chi connectivity index (χ4v) is 3.14. The van der Waals surface area contributed by atoms with Gasteiger partial charge < -0.3 is 24.8 Å². The molecule has 1 fully saturated rings. The van der Waals surface area contributed by atoms with E-state index in [0.717, 1.165) is 38.2 Å². The number of aryl methyl sites for hydroxylation is 1. The number of benzene rings is 1. The Balaban J connectivity index is 0.000000438. The molecule has 3 rings (SSSR count). The number of piperazine rings is 1. The first-order valence-corrected chi connectivity index (χ1v) is 9.48. The molecule has 1 aromatic heterocycles. The maximum absolute atomic E-state index is 12.4. The summed E-state index contributed by atoms with van der Waals surface area (Å²) < 4.78 is 0. The number of amides is 1. The zero-order chi connectivity index (χ0) is 21.1. The molecule has 0 bridgehead atoms. The van der Waals surface area contributed by atoms with Crippen molar-refractivity contribution in [2.24, 2.45) is 0 Å². The zero-order valence-corrected chi connectivity index (χ0v) is 16.1. The average Bonchev–Trinajstić information content (AvgIpc) is 2.75. The van der Waals surface area contributed by atoms with Gasteiger partial charge in [0.25, 0.3) is 5.91 Å². The van der Waals surface area contributed by atoms with Crippen LogP contribution in [0.1, 0.15) is 22.3 Å².